The van der Waals surface area contributed by atoms with E-state index in [1.165, 1.54) is 19.2 Å². The molecule has 8 heteroatoms. The van der Waals surface area contributed by atoms with E-state index in [1.54, 1.807) is 0 Å². The Labute approximate surface area is 176 Å². The lowest BCUT2D eigenvalue weighted by molar-refractivity contribution is -0.139. The van der Waals surface area contributed by atoms with Crippen molar-refractivity contribution in [1.29, 1.82) is 0 Å². The maximum atomic E-state index is 13.5. The van der Waals surface area contributed by atoms with Crippen LogP contribution in [0.15, 0.2) is 71.9 Å². The van der Waals surface area contributed by atoms with Crippen LogP contribution in [-0.2, 0) is 32.1 Å². The minimum absolute atomic E-state index is 0.0126. The summed E-state index contributed by atoms with van der Waals surface area (Å²) in [5, 5.41) is 2.70. The molecule has 2 aromatic carbocycles. The number of hydrogen-bond donors (Lipinski definition) is 1. The first kappa shape index (κ1) is 20.5. The lowest BCUT2D eigenvalue weighted by atomic mass is 9.88. The highest BCUT2D eigenvalue weighted by molar-refractivity contribution is 6.13. The maximum absolute atomic E-state index is 13.5. The zero-order valence-electron chi connectivity index (χ0n) is 16.5. The van der Waals surface area contributed by atoms with Gasteiger partial charge >= 0.3 is 0 Å². The summed E-state index contributed by atoms with van der Waals surface area (Å²) in [6.07, 6.45) is 1.14. The molecule has 31 heavy (non-hydrogen) atoms. The largest absolute Gasteiger partial charge is 0.433 e. The van der Waals surface area contributed by atoms with Crippen LogP contribution in [0, 0.1) is 17.6 Å². The van der Waals surface area contributed by atoms with E-state index < -0.39 is 35.1 Å². The minimum atomic E-state index is -1.12. The third kappa shape index (κ3) is 3.96. The van der Waals surface area contributed by atoms with Gasteiger partial charge < -0.3 is 10.1 Å². The number of allylic oxidation sites excluding steroid dienone is 1. The predicted molar refractivity (Wildman–Crippen MR) is 106 cm³/mol. The van der Waals surface area contributed by atoms with Gasteiger partial charge in [0.25, 0.3) is 5.91 Å². The van der Waals surface area contributed by atoms with Gasteiger partial charge in [0.2, 0.25) is 17.5 Å². The van der Waals surface area contributed by atoms with Crippen molar-refractivity contribution in [3.63, 3.8) is 0 Å². The van der Waals surface area contributed by atoms with Gasteiger partial charge in [-0.05, 0) is 36.6 Å². The van der Waals surface area contributed by atoms with E-state index in [0.717, 1.165) is 22.6 Å². The van der Waals surface area contributed by atoms with Crippen molar-refractivity contribution in [2.24, 2.45) is 5.92 Å². The van der Waals surface area contributed by atoms with Gasteiger partial charge in [-0.3, -0.25) is 19.3 Å². The lowest BCUT2D eigenvalue weighted by Crippen LogP contribution is -2.41. The first-order valence-corrected chi connectivity index (χ1v) is 9.59. The second kappa shape index (κ2) is 8.14. The molecule has 0 fully saturated rings. The molecule has 2 amide bonds. The summed E-state index contributed by atoms with van der Waals surface area (Å²) < 4.78 is 32.2. The Morgan fingerprint density at radius 2 is 1.81 bits per heavy atom. The second-order valence-electron chi connectivity index (χ2n) is 7.27. The lowest BCUT2D eigenvalue weighted by Gasteiger charge is -2.27. The van der Waals surface area contributed by atoms with Crippen LogP contribution in [0.5, 0.6) is 0 Å². The van der Waals surface area contributed by atoms with E-state index in [1.807, 2.05) is 30.3 Å². The molecule has 0 bridgehead atoms. The topological polar surface area (TPSA) is 75.7 Å². The van der Waals surface area contributed by atoms with Crippen LogP contribution in [0.2, 0.25) is 0 Å². The number of nitrogens with zero attached hydrogens (tertiary/aromatic N) is 1. The third-order valence-corrected chi connectivity index (χ3v) is 5.16. The molecule has 1 atom stereocenters. The number of ketones is 1. The molecule has 1 unspecified atom stereocenters. The predicted octanol–water partition coefficient (Wildman–Crippen LogP) is 2.95. The number of carbonyl (C=O) groups is 3. The van der Waals surface area contributed by atoms with Crippen molar-refractivity contribution in [1.82, 2.24) is 10.2 Å². The van der Waals surface area contributed by atoms with Crippen LogP contribution < -0.4 is 5.32 Å². The summed E-state index contributed by atoms with van der Waals surface area (Å²) in [7, 11) is 0. The number of fused-ring (bicyclic) bond motifs is 1. The number of benzene rings is 2. The van der Waals surface area contributed by atoms with Crippen LogP contribution in [0.4, 0.5) is 8.78 Å². The van der Waals surface area contributed by atoms with Crippen molar-refractivity contribution < 1.29 is 27.9 Å². The molecule has 158 valence electrons. The highest BCUT2D eigenvalue weighted by Gasteiger charge is 2.44. The quantitative estimate of drug-likeness (QED) is 0.749. The summed E-state index contributed by atoms with van der Waals surface area (Å²) >= 11 is 0. The van der Waals surface area contributed by atoms with Gasteiger partial charge in [-0.2, -0.15) is 0 Å². The molecule has 2 heterocycles. The van der Waals surface area contributed by atoms with Gasteiger partial charge in [0, 0.05) is 6.54 Å². The van der Waals surface area contributed by atoms with Crippen LogP contribution in [-0.4, -0.2) is 22.5 Å². The molecule has 0 spiro atoms. The molecule has 2 aliphatic heterocycles. The zero-order valence-corrected chi connectivity index (χ0v) is 16.5. The van der Waals surface area contributed by atoms with Gasteiger partial charge in [-0.25, -0.2) is 8.78 Å². The molecular weight excluding hydrogens is 406 g/mol. The van der Waals surface area contributed by atoms with Gasteiger partial charge in [0.05, 0.1) is 11.8 Å². The fraction of sp³-hybridized carbons (Fsp3) is 0.174. The second-order valence-corrected chi connectivity index (χ2v) is 7.27. The number of Topliss-reactive ketones (excluding diaryl/α,β-unsaturated/α-hetero) is 1. The Balaban J connectivity index is 1.51. The Morgan fingerprint density at radius 1 is 1.06 bits per heavy atom. The number of carbonyl (C=O) groups excluding carboxylic acids is 3. The minimum Gasteiger partial charge on any atom is -0.433 e. The standard InChI is InChI=1S/C23H18F2N2O4/c1-13-20(28)16(9-15-7-8-17(24)18(25)10-15)22(30)27-12-19(31-23(13)27)21(29)26-11-14-5-3-2-4-6-14/h2-8,10,12,16H,9,11H2,1H3,(H,26,29). The van der Waals surface area contributed by atoms with Crippen LogP contribution in [0.25, 0.3) is 0 Å². The Kier molecular flexibility index (Phi) is 5.37. The van der Waals surface area contributed by atoms with Crippen molar-refractivity contribution in [3.8, 4) is 0 Å². The number of amides is 2. The van der Waals surface area contributed by atoms with Crippen molar-refractivity contribution in [2.75, 3.05) is 0 Å². The van der Waals surface area contributed by atoms with Crippen LogP contribution >= 0.6 is 0 Å². The molecule has 0 saturated carbocycles. The smallest absolute Gasteiger partial charge is 0.288 e. The highest BCUT2D eigenvalue weighted by Crippen LogP contribution is 2.34. The Hall–Kier alpha value is -3.81. The number of nitrogens with one attached hydrogen (secondary N) is 1. The fourth-order valence-electron chi connectivity index (χ4n) is 3.48. The number of hydrogen-bond acceptors (Lipinski definition) is 4. The molecule has 1 N–H and O–H groups in total. The van der Waals surface area contributed by atoms with E-state index in [-0.39, 0.29) is 30.2 Å². The first-order chi connectivity index (χ1) is 14.8. The number of ether oxygens (including phenoxy) is 1. The van der Waals surface area contributed by atoms with Crippen LogP contribution in [0.3, 0.4) is 0 Å². The zero-order chi connectivity index (χ0) is 22.1. The number of halogens is 2. The molecule has 2 aromatic rings. The van der Waals surface area contributed by atoms with E-state index in [2.05, 4.69) is 5.32 Å². The fourth-order valence-corrected chi connectivity index (χ4v) is 3.48. The van der Waals surface area contributed by atoms with Gasteiger partial charge in [0.1, 0.15) is 5.92 Å². The van der Waals surface area contributed by atoms with Crippen molar-refractivity contribution in [2.45, 2.75) is 19.9 Å². The molecule has 4 rings (SSSR count). The molecule has 6 nitrogen and oxygen atoms in total. The highest BCUT2D eigenvalue weighted by atomic mass is 19.2. The van der Waals surface area contributed by atoms with Crippen molar-refractivity contribution in [3.05, 3.63) is 94.7 Å². The Bertz CT molecular complexity index is 1140. The van der Waals surface area contributed by atoms with Gasteiger partial charge in [-0.1, -0.05) is 36.4 Å². The molecule has 0 saturated heterocycles. The summed E-state index contributed by atoms with van der Waals surface area (Å²) in [5.41, 5.74) is 1.38. The summed E-state index contributed by atoms with van der Waals surface area (Å²) in [6.45, 7) is 1.76. The average molecular weight is 424 g/mol. The molecular formula is C23H18F2N2O4. The van der Waals surface area contributed by atoms with Crippen molar-refractivity contribution >= 4 is 17.6 Å². The normalized spacial score (nSPS) is 18.0. The summed E-state index contributed by atoms with van der Waals surface area (Å²) in [5.74, 6) is -4.92. The summed E-state index contributed by atoms with van der Waals surface area (Å²) in [4.78, 5) is 39.3. The first-order valence-electron chi connectivity index (χ1n) is 9.59. The monoisotopic (exact) mass is 424 g/mol. The van der Waals surface area contributed by atoms with E-state index in [0.29, 0.717) is 5.56 Å². The van der Waals surface area contributed by atoms with E-state index in [4.69, 9.17) is 4.74 Å². The van der Waals surface area contributed by atoms with Crippen LogP contribution in [0.1, 0.15) is 18.1 Å². The summed E-state index contributed by atoms with van der Waals surface area (Å²) in [6, 6.07) is 12.5. The van der Waals surface area contributed by atoms with E-state index >= 15 is 0 Å². The van der Waals surface area contributed by atoms with Gasteiger partial charge in [-0.15, -0.1) is 0 Å². The Morgan fingerprint density at radius 3 is 2.52 bits per heavy atom. The molecule has 2 aliphatic rings. The molecule has 0 radical (unpaired) electrons. The SMILES string of the molecule is CC1=C2OC(C(=O)NCc3ccccc3)=CN2C(=O)C(Cc2ccc(F)c(F)c2)C1=O. The number of rotatable bonds is 5. The van der Waals surface area contributed by atoms with Gasteiger partial charge in [0.15, 0.2) is 17.4 Å². The maximum Gasteiger partial charge on any atom is 0.288 e. The average Bonchev–Trinajstić information content (AvgIpc) is 3.23. The third-order valence-electron chi connectivity index (χ3n) is 5.16. The van der Waals surface area contributed by atoms with E-state index in [9.17, 15) is 23.2 Å². The molecule has 0 aliphatic carbocycles. The molecule has 0 aromatic heterocycles.